The van der Waals surface area contributed by atoms with E-state index in [1.54, 1.807) is 31.2 Å². The summed E-state index contributed by atoms with van der Waals surface area (Å²) in [6.07, 6.45) is 5.70. The van der Waals surface area contributed by atoms with Crippen LogP contribution in [0.15, 0.2) is 42.5 Å². The van der Waals surface area contributed by atoms with Gasteiger partial charge in [-0.3, -0.25) is 0 Å². The van der Waals surface area contributed by atoms with Crippen LogP contribution in [0.1, 0.15) is 55.4 Å². The minimum absolute atomic E-state index is 0.282. The highest BCUT2D eigenvalue weighted by Crippen LogP contribution is 2.36. The highest BCUT2D eigenvalue weighted by Gasteiger charge is 2.24. The molecule has 1 aliphatic carbocycles. The van der Waals surface area contributed by atoms with E-state index in [0.29, 0.717) is 35.1 Å². The van der Waals surface area contributed by atoms with Gasteiger partial charge in [0.15, 0.2) is 0 Å². The molecule has 4 rings (SSSR count). The average molecular weight is 366 g/mol. The molecule has 1 heterocycles. The Labute approximate surface area is 158 Å². The quantitative estimate of drug-likeness (QED) is 0.571. The van der Waals surface area contributed by atoms with Gasteiger partial charge < -0.3 is 9.30 Å². The number of carbonyl (C=O) groups excluding carboxylic acids is 1. The molecule has 1 aliphatic rings. The van der Waals surface area contributed by atoms with Gasteiger partial charge in [-0.2, -0.15) is 0 Å². The van der Waals surface area contributed by atoms with Gasteiger partial charge in [-0.25, -0.2) is 14.2 Å². The maximum absolute atomic E-state index is 14.5. The number of halogens is 1. The van der Waals surface area contributed by atoms with Gasteiger partial charge in [0.1, 0.15) is 11.6 Å². The number of hydrogen-bond acceptors (Lipinski definition) is 3. The molecule has 0 amide bonds. The topological polar surface area (TPSA) is 44.1 Å². The van der Waals surface area contributed by atoms with E-state index in [0.717, 1.165) is 18.4 Å². The first-order chi connectivity index (χ1) is 13.2. The van der Waals surface area contributed by atoms with Crippen LogP contribution >= 0.6 is 0 Å². The summed E-state index contributed by atoms with van der Waals surface area (Å²) in [5, 5.41) is 0. The maximum Gasteiger partial charge on any atom is 0.338 e. The zero-order valence-electron chi connectivity index (χ0n) is 15.5. The molecule has 0 saturated heterocycles. The van der Waals surface area contributed by atoms with Gasteiger partial charge in [-0.15, -0.1) is 0 Å². The molecular formula is C22H23FN2O2. The third-order valence-corrected chi connectivity index (χ3v) is 5.26. The molecule has 3 aromatic rings. The van der Waals surface area contributed by atoms with Crippen LogP contribution in [0, 0.1) is 5.82 Å². The molecule has 5 heteroatoms. The number of ether oxygens (including phenoxy) is 1. The van der Waals surface area contributed by atoms with Crippen LogP contribution in [-0.2, 0) is 4.74 Å². The fraction of sp³-hybridized carbons (Fsp3) is 0.364. The minimum Gasteiger partial charge on any atom is -0.462 e. The normalized spacial score (nSPS) is 15.2. The molecule has 0 aliphatic heterocycles. The first-order valence-electron chi connectivity index (χ1n) is 9.63. The molecule has 1 saturated carbocycles. The van der Waals surface area contributed by atoms with Crippen molar-refractivity contribution in [2.45, 2.75) is 45.1 Å². The van der Waals surface area contributed by atoms with Crippen molar-refractivity contribution in [2.24, 2.45) is 0 Å². The Morgan fingerprint density at radius 1 is 1.19 bits per heavy atom. The smallest absolute Gasteiger partial charge is 0.338 e. The van der Waals surface area contributed by atoms with Gasteiger partial charge in [0.25, 0.3) is 0 Å². The highest BCUT2D eigenvalue weighted by atomic mass is 19.1. The highest BCUT2D eigenvalue weighted by molar-refractivity contribution is 5.94. The Kier molecular flexibility index (Phi) is 4.92. The van der Waals surface area contributed by atoms with Crippen LogP contribution in [0.2, 0.25) is 0 Å². The number of imidazole rings is 1. The summed E-state index contributed by atoms with van der Waals surface area (Å²) in [7, 11) is 0. The lowest BCUT2D eigenvalue weighted by Crippen LogP contribution is -2.14. The first-order valence-corrected chi connectivity index (χ1v) is 9.63. The van der Waals surface area contributed by atoms with E-state index in [1.807, 2.05) is 12.1 Å². The van der Waals surface area contributed by atoms with E-state index < -0.39 is 0 Å². The minimum atomic E-state index is -0.362. The molecule has 0 N–H and O–H groups in total. The number of fused-ring (bicyclic) bond motifs is 1. The third kappa shape index (κ3) is 3.34. The molecule has 1 fully saturated rings. The Hall–Kier alpha value is -2.69. The summed E-state index contributed by atoms with van der Waals surface area (Å²) in [4.78, 5) is 16.8. The summed E-state index contributed by atoms with van der Waals surface area (Å²) in [5.74, 6) is -0.00875. The lowest BCUT2D eigenvalue weighted by Gasteiger charge is -2.25. The third-order valence-electron chi connectivity index (χ3n) is 5.26. The zero-order valence-corrected chi connectivity index (χ0v) is 15.5. The second-order valence-corrected chi connectivity index (χ2v) is 7.00. The number of esters is 1. The number of hydrogen-bond donors (Lipinski definition) is 0. The summed E-state index contributed by atoms with van der Waals surface area (Å²) >= 11 is 0. The van der Waals surface area contributed by atoms with E-state index in [1.165, 1.54) is 25.3 Å². The van der Waals surface area contributed by atoms with Crippen LogP contribution in [0.25, 0.3) is 22.4 Å². The molecular weight excluding hydrogens is 343 g/mol. The van der Waals surface area contributed by atoms with E-state index in [4.69, 9.17) is 9.72 Å². The Morgan fingerprint density at radius 2 is 1.96 bits per heavy atom. The average Bonchev–Trinajstić information content (AvgIpc) is 3.07. The van der Waals surface area contributed by atoms with Crippen molar-refractivity contribution >= 4 is 17.0 Å². The van der Waals surface area contributed by atoms with Gasteiger partial charge in [-0.05, 0) is 50.1 Å². The van der Waals surface area contributed by atoms with Crippen molar-refractivity contribution in [3.05, 3.63) is 53.8 Å². The molecule has 140 valence electrons. The SMILES string of the molecule is CCOC(=O)c1ccc2c(c1)nc(-c1ccccc1F)n2C1CCCCC1. The van der Waals surface area contributed by atoms with Gasteiger partial charge in [0.2, 0.25) is 0 Å². The number of nitrogens with zero attached hydrogens (tertiary/aromatic N) is 2. The van der Waals surface area contributed by atoms with E-state index in [9.17, 15) is 9.18 Å². The maximum atomic E-state index is 14.5. The predicted molar refractivity (Wildman–Crippen MR) is 103 cm³/mol. The summed E-state index contributed by atoms with van der Waals surface area (Å²) in [5.41, 5.74) is 2.60. The first kappa shape index (κ1) is 17.7. The second kappa shape index (κ2) is 7.51. The van der Waals surface area contributed by atoms with Crippen molar-refractivity contribution in [3.63, 3.8) is 0 Å². The van der Waals surface area contributed by atoms with Crippen molar-refractivity contribution in [2.75, 3.05) is 6.61 Å². The molecule has 2 aromatic carbocycles. The van der Waals surface area contributed by atoms with Gasteiger partial charge in [0.05, 0.1) is 28.8 Å². The van der Waals surface area contributed by atoms with E-state index >= 15 is 0 Å². The Morgan fingerprint density at radius 3 is 2.70 bits per heavy atom. The van der Waals surface area contributed by atoms with Crippen molar-refractivity contribution in [1.29, 1.82) is 0 Å². The van der Waals surface area contributed by atoms with Gasteiger partial charge in [-0.1, -0.05) is 31.4 Å². The molecule has 1 aromatic heterocycles. The number of rotatable bonds is 4. The summed E-state index contributed by atoms with van der Waals surface area (Å²) in [6, 6.07) is 12.5. The molecule has 0 atom stereocenters. The lowest BCUT2D eigenvalue weighted by atomic mass is 9.94. The fourth-order valence-electron chi connectivity index (χ4n) is 3.98. The predicted octanol–water partition coefficient (Wildman–Crippen LogP) is 5.52. The molecule has 0 unspecified atom stereocenters. The number of carbonyl (C=O) groups is 1. The molecule has 27 heavy (non-hydrogen) atoms. The van der Waals surface area contributed by atoms with Crippen molar-refractivity contribution < 1.29 is 13.9 Å². The van der Waals surface area contributed by atoms with E-state index in [2.05, 4.69) is 4.57 Å². The van der Waals surface area contributed by atoms with Crippen molar-refractivity contribution in [1.82, 2.24) is 9.55 Å². The van der Waals surface area contributed by atoms with Gasteiger partial charge >= 0.3 is 5.97 Å². The molecule has 0 radical (unpaired) electrons. The fourth-order valence-corrected chi connectivity index (χ4v) is 3.98. The number of aromatic nitrogens is 2. The molecule has 0 spiro atoms. The monoisotopic (exact) mass is 366 g/mol. The number of benzene rings is 2. The zero-order chi connectivity index (χ0) is 18.8. The van der Waals surface area contributed by atoms with Crippen LogP contribution in [0.3, 0.4) is 0 Å². The Balaban J connectivity index is 1.89. The summed E-state index contributed by atoms with van der Waals surface area (Å²) in [6.45, 7) is 2.11. The van der Waals surface area contributed by atoms with E-state index in [-0.39, 0.29) is 11.8 Å². The standard InChI is InChI=1S/C22H23FN2O2/c1-2-27-22(26)15-12-13-20-19(14-15)24-21(17-10-6-7-11-18(17)23)25(20)16-8-4-3-5-9-16/h6-7,10-14,16H,2-5,8-9H2,1H3. The molecule has 0 bridgehead atoms. The summed E-state index contributed by atoms with van der Waals surface area (Å²) < 4.78 is 21.8. The Bertz CT molecular complexity index is 974. The largest absolute Gasteiger partial charge is 0.462 e. The molecule has 4 nitrogen and oxygen atoms in total. The van der Waals surface area contributed by atoms with Crippen LogP contribution in [0.5, 0.6) is 0 Å². The second-order valence-electron chi connectivity index (χ2n) is 7.00. The van der Waals surface area contributed by atoms with Gasteiger partial charge in [0, 0.05) is 6.04 Å². The van der Waals surface area contributed by atoms with Crippen LogP contribution < -0.4 is 0 Å². The van der Waals surface area contributed by atoms with Crippen LogP contribution in [-0.4, -0.2) is 22.1 Å². The van der Waals surface area contributed by atoms with Crippen LogP contribution in [0.4, 0.5) is 4.39 Å². The van der Waals surface area contributed by atoms with Crippen molar-refractivity contribution in [3.8, 4) is 11.4 Å². The lowest BCUT2D eigenvalue weighted by molar-refractivity contribution is 0.0526.